The molecule has 2 amide bonds. The summed E-state index contributed by atoms with van der Waals surface area (Å²) in [6.07, 6.45) is 8.22. The predicted octanol–water partition coefficient (Wildman–Crippen LogP) is 2.13. The summed E-state index contributed by atoms with van der Waals surface area (Å²) in [7, 11) is 3.19. The molecule has 3 aromatic heterocycles. The lowest BCUT2D eigenvalue weighted by atomic mass is 10.1. The van der Waals surface area contributed by atoms with Crippen LogP contribution in [0.5, 0.6) is 5.75 Å². The summed E-state index contributed by atoms with van der Waals surface area (Å²) in [5.74, 6) is 0.343. The Kier molecular flexibility index (Phi) is 6.53. The molecule has 1 aliphatic carbocycles. The van der Waals surface area contributed by atoms with Crippen LogP contribution in [-0.2, 0) is 14.3 Å². The van der Waals surface area contributed by atoms with E-state index >= 15 is 0 Å². The Morgan fingerprint density at radius 2 is 2.03 bits per heavy atom. The van der Waals surface area contributed by atoms with Crippen molar-refractivity contribution >= 4 is 29.1 Å². The topological polar surface area (TPSA) is 156 Å². The zero-order chi connectivity index (χ0) is 25.2. The normalized spacial score (nSPS) is 19.2. The number of nitrogens with zero attached hydrogens (tertiary/aromatic N) is 4. The van der Waals surface area contributed by atoms with Gasteiger partial charge in [0, 0.05) is 48.8 Å². The zero-order valence-corrected chi connectivity index (χ0v) is 19.9. The van der Waals surface area contributed by atoms with Crippen molar-refractivity contribution in [1.82, 2.24) is 19.7 Å². The number of aromatic nitrogens is 4. The smallest absolute Gasteiger partial charge is 0.252 e. The lowest BCUT2D eigenvalue weighted by Gasteiger charge is -2.17. The highest BCUT2D eigenvalue weighted by atomic mass is 16.5. The number of anilines is 3. The molecule has 4 N–H and O–H groups in total. The number of primary amides is 1. The van der Waals surface area contributed by atoms with Crippen molar-refractivity contribution < 1.29 is 23.8 Å². The second-order valence-electron chi connectivity index (χ2n) is 8.70. The average Bonchev–Trinajstić information content (AvgIpc) is 3.42. The van der Waals surface area contributed by atoms with Gasteiger partial charge in [0.25, 0.3) is 5.91 Å². The number of carbonyl (C=O) groups is 2. The maximum absolute atomic E-state index is 12.2. The lowest BCUT2D eigenvalue weighted by molar-refractivity contribution is -0.117. The Morgan fingerprint density at radius 3 is 2.75 bits per heavy atom. The molecule has 2 aliphatic rings. The minimum absolute atomic E-state index is 0.00773. The van der Waals surface area contributed by atoms with Crippen LogP contribution in [0.25, 0.3) is 11.1 Å². The van der Waals surface area contributed by atoms with E-state index in [1.165, 1.54) is 13.3 Å². The fourth-order valence-corrected chi connectivity index (χ4v) is 4.15. The number of pyridine rings is 2. The van der Waals surface area contributed by atoms with Crippen LogP contribution in [0.3, 0.4) is 0 Å². The Morgan fingerprint density at radius 1 is 1.19 bits per heavy atom. The van der Waals surface area contributed by atoms with Crippen molar-refractivity contribution in [2.75, 3.05) is 38.1 Å². The Labute approximate surface area is 207 Å². The minimum atomic E-state index is -0.673. The highest BCUT2D eigenvalue weighted by Crippen LogP contribution is 2.38. The summed E-state index contributed by atoms with van der Waals surface area (Å²) in [6, 6.07) is 3.33. The summed E-state index contributed by atoms with van der Waals surface area (Å²) in [6.45, 7) is 1.03. The third-order valence-corrected chi connectivity index (χ3v) is 6.29. The standard InChI is InChI=1S/C24H27N7O5/c1-34-19-12-36-11-18(19)31-10-14(8-28-31)15-5-6-26-23(21(15)35-2)29-17-7-20(27-9-16(17)22(25)32)30-24(33)13-3-4-13/h5-10,13,18-19H,3-4,11-12H2,1-2H3,(H2,25,32)(H2,26,27,29,30,33)/t18-,19+/m0/s1. The van der Waals surface area contributed by atoms with Gasteiger partial charge in [0.1, 0.15) is 18.0 Å². The molecule has 1 aliphatic heterocycles. The van der Waals surface area contributed by atoms with Crippen LogP contribution in [-0.4, -0.2) is 65.1 Å². The molecule has 5 rings (SSSR count). The molecular weight excluding hydrogens is 466 g/mol. The molecule has 12 nitrogen and oxygen atoms in total. The number of nitrogens with two attached hydrogens (primary N) is 1. The Balaban J connectivity index is 1.45. The van der Waals surface area contributed by atoms with Gasteiger partial charge in [0.05, 0.1) is 37.8 Å². The third kappa shape index (κ3) is 4.72. The van der Waals surface area contributed by atoms with Crippen LogP contribution in [0.1, 0.15) is 29.2 Å². The summed E-state index contributed by atoms with van der Waals surface area (Å²) >= 11 is 0. The van der Waals surface area contributed by atoms with Gasteiger partial charge in [-0.2, -0.15) is 5.10 Å². The molecule has 0 spiro atoms. The van der Waals surface area contributed by atoms with E-state index in [4.69, 9.17) is 19.9 Å². The van der Waals surface area contributed by atoms with Gasteiger partial charge >= 0.3 is 0 Å². The van der Waals surface area contributed by atoms with Crippen LogP contribution in [0.15, 0.2) is 36.9 Å². The Bertz CT molecular complexity index is 1290. The number of hydrogen-bond acceptors (Lipinski definition) is 9. The molecule has 0 bridgehead atoms. The van der Waals surface area contributed by atoms with E-state index in [-0.39, 0.29) is 29.5 Å². The monoisotopic (exact) mass is 493 g/mol. The first kappa shape index (κ1) is 23.7. The first-order valence-corrected chi connectivity index (χ1v) is 11.5. The van der Waals surface area contributed by atoms with Crippen molar-refractivity contribution in [2.45, 2.75) is 25.0 Å². The minimum Gasteiger partial charge on any atom is -0.492 e. The Hall–Kier alpha value is -4.03. The quantitative estimate of drug-likeness (QED) is 0.406. The highest BCUT2D eigenvalue weighted by molar-refractivity contribution is 6.00. The molecule has 1 saturated heterocycles. The summed E-state index contributed by atoms with van der Waals surface area (Å²) in [4.78, 5) is 32.8. The first-order chi connectivity index (χ1) is 17.5. The van der Waals surface area contributed by atoms with Gasteiger partial charge in [-0.25, -0.2) is 9.97 Å². The lowest BCUT2D eigenvalue weighted by Crippen LogP contribution is -2.24. The van der Waals surface area contributed by atoms with E-state index in [1.807, 2.05) is 16.9 Å². The molecule has 2 fully saturated rings. The third-order valence-electron chi connectivity index (χ3n) is 6.29. The van der Waals surface area contributed by atoms with Crippen molar-refractivity contribution in [3.05, 3.63) is 42.5 Å². The van der Waals surface area contributed by atoms with Gasteiger partial charge in [-0.15, -0.1) is 0 Å². The van der Waals surface area contributed by atoms with E-state index < -0.39 is 5.91 Å². The highest BCUT2D eigenvalue weighted by Gasteiger charge is 2.31. The van der Waals surface area contributed by atoms with E-state index in [1.54, 1.807) is 25.6 Å². The van der Waals surface area contributed by atoms with Crippen LogP contribution in [0, 0.1) is 5.92 Å². The number of ether oxygens (including phenoxy) is 3. The number of nitrogens with one attached hydrogen (secondary N) is 2. The maximum Gasteiger partial charge on any atom is 0.252 e. The summed E-state index contributed by atoms with van der Waals surface area (Å²) < 4.78 is 18.6. The predicted molar refractivity (Wildman–Crippen MR) is 130 cm³/mol. The number of rotatable bonds is 9. The molecule has 1 saturated carbocycles. The molecule has 0 unspecified atom stereocenters. The average molecular weight is 494 g/mol. The second-order valence-corrected chi connectivity index (χ2v) is 8.70. The number of hydrogen-bond donors (Lipinski definition) is 3. The number of methoxy groups -OCH3 is 2. The molecule has 4 heterocycles. The molecule has 188 valence electrons. The van der Waals surface area contributed by atoms with Crippen LogP contribution >= 0.6 is 0 Å². The van der Waals surface area contributed by atoms with Gasteiger partial charge in [-0.3, -0.25) is 14.3 Å². The number of carbonyl (C=O) groups excluding carboxylic acids is 2. The molecule has 3 aromatic rings. The molecule has 0 radical (unpaired) electrons. The molecule has 2 atom stereocenters. The van der Waals surface area contributed by atoms with Gasteiger partial charge < -0.3 is 30.6 Å². The fraction of sp³-hybridized carbons (Fsp3) is 0.375. The molecule has 0 aromatic carbocycles. The second kappa shape index (κ2) is 9.91. The van der Waals surface area contributed by atoms with E-state index in [9.17, 15) is 9.59 Å². The van der Waals surface area contributed by atoms with Gasteiger partial charge in [0.15, 0.2) is 11.6 Å². The van der Waals surface area contributed by atoms with Crippen molar-refractivity contribution in [3.63, 3.8) is 0 Å². The fourth-order valence-electron chi connectivity index (χ4n) is 4.15. The zero-order valence-electron chi connectivity index (χ0n) is 19.9. The summed E-state index contributed by atoms with van der Waals surface area (Å²) in [5.41, 5.74) is 7.60. The SMILES string of the molecule is COc1c(-c2cnn([C@H]3COC[C@H]3OC)c2)ccnc1Nc1cc(NC(=O)C2CC2)ncc1C(N)=O. The van der Waals surface area contributed by atoms with Crippen molar-refractivity contribution in [1.29, 1.82) is 0 Å². The van der Waals surface area contributed by atoms with Crippen LogP contribution in [0.4, 0.5) is 17.3 Å². The van der Waals surface area contributed by atoms with Crippen molar-refractivity contribution in [3.8, 4) is 16.9 Å². The van der Waals surface area contributed by atoms with Gasteiger partial charge in [-0.05, 0) is 18.9 Å². The largest absolute Gasteiger partial charge is 0.492 e. The van der Waals surface area contributed by atoms with Crippen LogP contribution in [0.2, 0.25) is 0 Å². The number of amides is 2. The van der Waals surface area contributed by atoms with Gasteiger partial charge in [0.2, 0.25) is 5.91 Å². The van der Waals surface area contributed by atoms with E-state index in [2.05, 4.69) is 25.7 Å². The summed E-state index contributed by atoms with van der Waals surface area (Å²) in [5, 5.41) is 10.4. The van der Waals surface area contributed by atoms with E-state index in [0.717, 1.165) is 24.0 Å². The first-order valence-electron chi connectivity index (χ1n) is 11.5. The maximum atomic E-state index is 12.2. The van der Waals surface area contributed by atoms with Crippen molar-refractivity contribution in [2.24, 2.45) is 11.7 Å². The van der Waals surface area contributed by atoms with Gasteiger partial charge in [-0.1, -0.05) is 0 Å². The molecule has 12 heteroatoms. The molecular formula is C24H27N7O5. The molecule has 36 heavy (non-hydrogen) atoms. The van der Waals surface area contributed by atoms with Crippen LogP contribution < -0.4 is 21.1 Å². The van der Waals surface area contributed by atoms with E-state index in [0.29, 0.717) is 36.3 Å².